The van der Waals surface area contributed by atoms with E-state index in [2.05, 4.69) is 27.9 Å². The van der Waals surface area contributed by atoms with Crippen LogP contribution in [0.15, 0.2) is 84.4 Å². The monoisotopic (exact) mass is 698 g/mol. The summed E-state index contributed by atoms with van der Waals surface area (Å²) < 4.78 is 18.1. The molecule has 0 aromatic heterocycles. The summed E-state index contributed by atoms with van der Waals surface area (Å²) in [4.78, 5) is 12.9. The minimum absolute atomic E-state index is 0.0629. The number of nitrogens with zero attached hydrogens (tertiary/aromatic N) is 1. The van der Waals surface area contributed by atoms with Gasteiger partial charge in [-0.15, -0.1) is 0 Å². The number of aryl methyl sites for hydroxylation is 1. The smallest absolute Gasteiger partial charge is 0.266 e. The van der Waals surface area contributed by atoms with Crippen LogP contribution < -0.4 is 19.5 Å². The molecule has 0 unspecified atom stereocenters. The van der Waals surface area contributed by atoms with Gasteiger partial charge in [-0.1, -0.05) is 59.1 Å². The first-order valence-corrected chi connectivity index (χ1v) is 14.2. The summed E-state index contributed by atoms with van der Waals surface area (Å²) in [6.07, 6.45) is 1.50. The van der Waals surface area contributed by atoms with Gasteiger partial charge in [-0.3, -0.25) is 4.79 Å². The molecule has 4 rings (SSSR count). The highest BCUT2D eigenvalue weighted by Crippen LogP contribution is 2.35. The molecule has 0 fully saturated rings. The third-order valence-corrected chi connectivity index (χ3v) is 7.47. The summed E-state index contributed by atoms with van der Waals surface area (Å²) in [6.45, 7) is 2.73. The number of nitriles is 1. The largest absolute Gasteiger partial charge is 0.493 e. The molecule has 0 saturated heterocycles. The molecule has 0 aliphatic heterocycles. The molecule has 0 aliphatic rings. The molecule has 4 aromatic carbocycles. The van der Waals surface area contributed by atoms with Gasteiger partial charge in [0, 0.05) is 5.69 Å². The van der Waals surface area contributed by atoms with E-state index >= 15 is 0 Å². The van der Waals surface area contributed by atoms with Gasteiger partial charge in [0.15, 0.2) is 11.5 Å². The van der Waals surface area contributed by atoms with Crippen molar-refractivity contribution in [1.29, 1.82) is 5.26 Å². The van der Waals surface area contributed by atoms with Gasteiger partial charge in [-0.05, 0) is 101 Å². The normalized spacial score (nSPS) is 11.0. The Morgan fingerprint density at radius 1 is 0.927 bits per heavy atom. The third kappa shape index (κ3) is 8.40. The van der Waals surface area contributed by atoms with E-state index in [0.29, 0.717) is 45.2 Å². The Kier molecular flexibility index (Phi) is 10.5. The Hall–Kier alpha value is -3.71. The molecular formula is C32H25Cl2IN2O4. The standard InChI is InChI=1S/C32H25Cl2IN2O4/c1-20-3-5-21(6-4-20)18-40-26-10-8-25(9-11-26)37-32(38)24(17-36)13-23-15-29(35)31(30(16-23)39-2)41-19-22-7-12-27(33)28(34)14-22/h3-16H,18-19H2,1-2H3,(H,37,38)/b24-13+. The molecule has 6 nitrogen and oxygen atoms in total. The number of carbonyl (C=O) groups excluding carboxylic acids is 1. The van der Waals surface area contributed by atoms with E-state index in [1.807, 2.05) is 43.3 Å². The Labute approximate surface area is 262 Å². The van der Waals surface area contributed by atoms with E-state index in [1.54, 1.807) is 48.5 Å². The zero-order valence-electron chi connectivity index (χ0n) is 22.2. The van der Waals surface area contributed by atoms with Crippen LogP contribution in [0.25, 0.3) is 6.08 Å². The SMILES string of the molecule is COc1cc(/C=C(\C#N)C(=O)Nc2ccc(OCc3ccc(C)cc3)cc2)cc(I)c1OCc1ccc(Cl)c(Cl)c1. The van der Waals surface area contributed by atoms with Crippen LogP contribution in [0, 0.1) is 21.8 Å². The van der Waals surface area contributed by atoms with E-state index < -0.39 is 5.91 Å². The summed E-state index contributed by atoms with van der Waals surface area (Å²) in [6, 6.07) is 25.9. The lowest BCUT2D eigenvalue weighted by atomic mass is 10.1. The molecule has 9 heteroatoms. The van der Waals surface area contributed by atoms with Crippen molar-refractivity contribution < 1.29 is 19.0 Å². The summed E-state index contributed by atoms with van der Waals surface area (Å²) in [7, 11) is 1.52. The zero-order valence-corrected chi connectivity index (χ0v) is 25.9. The maximum absolute atomic E-state index is 12.9. The number of halogens is 3. The van der Waals surface area contributed by atoms with E-state index in [-0.39, 0.29) is 12.2 Å². The Morgan fingerprint density at radius 2 is 1.61 bits per heavy atom. The number of methoxy groups -OCH3 is 1. The zero-order chi connectivity index (χ0) is 29.4. The first-order valence-electron chi connectivity index (χ1n) is 12.4. The second kappa shape index (κ2) is 14.3. The lowest BCUT2D eigenvalue weighted by Crippen LogP contribution is -2.13. The summed E-state index contributed by atoms with van der Waals surface area (Å²) in [5.74, 6) is 1.13. The second-order valence-corrected chi connectivity index (χ2v) is 11.0. The van der Waals surface area contributed by atoms with Crippen molar-refractivity contribution in [2.75, 3.05) is 12.4 Å². The molecular weight excluding hydrogens is 674 g/mol. The Morgan fingerprint density at radius 3 is 2.27 bits per heavy atom. The molecule has 0 bridgehead atoms. The van der Waals surface area contributed by atoms with Gasteiger partial charge in [0.2, 0.25) is 0 Å². The topological polar surface area (TPSA) is 80.6 Å². The van der Waals surface area contributed by atoms with Crippen molar-refractivity contribution >= 4 is 63.5 Å². The van der Waals surface area contributed by atoms with Crippen molar-refractivity contribution in [2.24, 2.45) is 0 Å². The average Bonchev–Trinajstić information content (AvgIpc) is 2.97. The number of hydrogen-bond acceptors (Lipinski definition) is 5. The number of benzene rings is 4. The summed E-state index contributed by atoms with van der Waals surface area (Å²) >= 11 is 14.2. The van der Waals surface area contributed by atoms with Gasteiger partial charge in [-0.25, -0.2) is 0 Å². The number of ether oxygens (including phenoxy) is 3. The van der Waals surface area contributed by atoms with Gasteiger partial charge < -0.3 is 19.5 Å². The minimum Gasteiger partial charge on any atom is -0.493 e. The fourth-order valence-corrected chi connectivity index (χ4v) is 4.85. The quantitative estimate of drug-likeness (QED) is 0.102. The van der Waals surface area contributed by atoms with Crippen molar-refractivity contribution in [3.8, 4) is 23.3 Å². The molecule has 0 saturated carbocycles. The fraction of sp³-hybridized carbons (Fsp3) is 0.125. The molecule has 1 N–H and O–H groups in total. The van der Waals surface area contributed by atoms with Crippen molar-refractivity contribution in [3.05, 3.63) is 120 Å². The van der Waals surface area contributed by atoms with E-state index in [4.69, 9.17) is 37.4 Å². The van der Waals surface area contributed by atoms with Crippen LogP contribution in [0.4, 0.5) is 5.69 Å². The molecule has 208 valence electrons. The van der Waals surface area contributed by atoms with Gasteiger partial charge in [-0.2, -0.15) is 5.26 Å². The Balaban J connectivity index is 1.41. The van der Waals surface area contributed by atoms with Crippen LogP contribution >= 0.6 is 45.8 Å². The highest BCUT2D eigenvalue weighted by Gasteiger charge is 2.15. The molecule has 0 heterocycles. The highest BCUT2D eigenvalue weighted by molar-refractivity contribution is 14.1. The van der Waals surface area contributed by atoms with Gasteiger partial charge in [0.05, 0.1) is 20.7 Å². The van der Waals surface area contributed by atoms with Gasteiger partial charge in [0.1, 0.15) is 30.6 Å². The number of carbonyl (C=O) groups is 1. The molecule has 0 spiro atoms. The highest BCUT2D eigenvalue weighted by atomic mass is 127. The van der Waals surface area contributed by atoms with Crippen LogP contribution in [0.2, 0.25) is 10.0 Å². The molecule has 4 aromatic rings. The number of rotatable bonds is 10. The maximum atomic E-state index is 12.9. The van der Waals surface area contributed by atoms with Crippen molar-refractivity contribution in [2.45, 2.75) is 20.1 Å². The van der Waals surface area contributed by atoms with Crippen LogP contribution in [-0.4, -0.2) is 13.0 Å². The lowest BCUT2D eigenvalue weighted by Gasteiger charge is -2.14. The molecule has 0 radical (unpaired) electrons. The number of nitrogens with one attached hydrogen (secondary N) is 1. The van der Waals surface area contributed by atoms with E-state index in [0.717, 1.165) is 14.7 Å². The third-order valence-electron chi connectivity index (χ3n) is 5.93. The molecule has 0 aliphatic carbocycles. The number of anilines is 1. The molecule has 0 atom stereocenters. The minimum atomic E-state index is -0.533. The summed E-state index contributed by atoms with van der Waals surface area (Å²) in [5.41, 5.74) is 4.18. The number of hydrogen-bond donors (Lipinski definition) is 1. The van der Waals surface area contributed by atoms with Crippen molar-refractivity contribution in [3.63, 3.8) is 0 Å². The first kappa shape index (κ1) is 30.3. The predicted molar refractivity (Wildman–Crippen MR) is 171 cm³/mol. The van der Waals surface area contributed by atoms with Crippen LogP contribution in [0.3, 0.4) is 0 Å². The van der Waals surface area contributed by atoms with E-state index in [1.165, 1.54) is 18.7 Å². The van der Waals surface area contributed by atoms with Gasteiger partial charge in [0.25, 0.3) is 5.91 Å². The second-order valence-electron chi connectivity index (χ2n) is 8.99. The molecule has 41 heavy (non-hydrogen) atoms. The predicted octanol–water partition coefficient (Wildman–Crippen LogP) is 8.62. The lowest BCUT2D eigenvalue weighted by molar-refractivity contribution is -0.112. The van der Waals surface area contributed by atoms with E-state index in [9.17, 15) is 10.1 Å². The van der Waals surface area contributed by atoms with Crippen LogP contribution in [0.5, 0.6) is 17.2 Å². The average molecular weight is 699 g/mol. The van der Waals surface area contributed by atoms with Gasteiger partial charge >= 0.3 is 0 Å². The Bertz CT molecular complexity index is 1620. The van der Waals surface area contributed by atoms with Crippen LogP contribution in [0.1, 0.15) is 22.3 Å². The van der Waals surface area contributed by atoms with Crippen LogP contribution in [-0.2, 0) is 18.0 Å². The maximum Gasteiger partial charge on any atom is 0.266 e. The first-order chi connectivity index (χ1) is 19.7. The summed E-state index contributed by atoms with van der Waals surface area (Å²) in [5, 5.41) is 13.4. The molecule has 1 amide bonds. The fourth-order valence-electron chi connectivity index (χ4n) is 3.75. The number of amides is 1. The van der Waals surface area contributed by atoms with Crippen molar-refractivity contribution in [1.82, 2.24) is 0 Å².